The Balaban J connectivity index is 2.35. The van der Waals surface area contributed by atoms with Crippen LogP contribution in [0.25, 0.3) is 0 Å². The molecule has 0 fully saturated rings. The zero-order valence-electron chi connectivity index (χ0n) is 6.98. The normalized spacial score (nSPS) is 17.1. The Kier molecular flexibility index (Phi) is 4.50. The van der Waals surface area contributed by atoms with Gasteiger partial charge in [0.1, 0.15) is 0 Å². The molecule has 0 spiro atoms. The van der Waals surface area contributed by atoms with Gasteiger partial charge in [-0.3, -0.25) is 0 Å². The van der Waals surface area contributed by atoms with Crippen LogP contribution in [0, 0.1) is 0 Å². The van der Waals surface area contributed by atoms with Gasteiger partial charge in [-0.25, -0.2) is 0 Å². The molecule has 0 saturated heterocycles. The van der Waals surface area contributed by atoms with E-state index >= 15 is 0 Å². The van der Waals surface area contributed by atoms with Gasteiger partial charge >= 0.3 is 99.0 Å². The van der Waals surface area contributed by atoms with Crippen molar-refractivity contribution >= 4 is 49.0 Å². The number of hydrogen-bond donors (Lipinski definition) is 0. The van der Waals surface area contributed by atoms with Crippen molar-refractivity contribution < 1.29 is 0 Å². The maximum atomic E-state index is 2.32. The first kappa shape index (κ1) is 9.21. The molecule has 0 nitrogen and oxygen atoms in total. The van der Waals surface area contributed by atoms with Crippen LogP contribution >= 0.6 is 0 Å². The Morgan fingerprint density at radius 2 is 2.40 bits per heavy atom. The molecule has 1 aliphatic carbocycles. The topological polar surface area (TPSA) is 0 Å². The fourth-order valence-electron chi connectivity index (χ4n) is 1.35. The molecular formula is C9H13K. The molecule has 0 atom stereocenters. The molecule has 50 valence electrons. The van der Waals surface area contributed by atoms with Crippen molar-refractivity contribution in [1.82, 2.24) is 0 Å². The molecule has 1 aliphatic rings. The molecular weight excluding hydrogens is 147 g/mol. The third-order valence-electron chi connectivity index (χ3n) is 2.12. The first-order valence-electron chi connectivity index (χ1n) is 4.19. The van der Waals surface area contributed by atoms with Crippen LogP contribution in [0.2, 0.25) is 0 Å². The predicted octanol–water partition coefficient (Wildman–Crippen LogP) is 2.56. The van der Waals surface area contributed by atoms with Gasteiger partial charge in [0.25, 0.3) is 0 Å². The second kappa shape index (κ2) is 4.89. The third kappa shape index (κ3) is 2.63. The zero-order valence-corrected chi connectivity index (χ0v) is 10.1. The summed E-state index contributed by atoms with van der Waals surface area (Å²) in [6.07, 6.45) is 9.98. The molecule has 1 heteroatoms. The summed E-state index contributed by atoms with van der Waals surface area (Å²) in [6, 6.07) is 0. The Morgan fingerprint density at radius 3 is 2.90 bits per heavy atom. The summed E-state index contributed by atoms with van der Waals surface area (Å²) in [4.78, 5) is 0. The van der Waals surface area contributed by atoms with Gasteiger partial charge in [0.05, 0.1) is 0 Å². The average molecular weight is 160 g/mol. The van der Waals surface area contributed by atoms with E-state index in [4.69, 9.17) is 0 Å². The molecule has 0 aliphatic heterocycles. The Morgan fingerprint density at radius 1 is 1.60 bits per heavy atom. The molecule has 0 radical (unpaired) electrons. The van der Waals surface area contributed by atoms with Crippen molar-refractivity contribution in [3.63, 3.8) is 0 Å². The van der Waals surface area contributed by atoms with Gasteiger partial charge in [-0.1, -0.05) is 0 Å². The molecule has 0 heterocycles. The number of allylic oxidation sites excluding steroid dienone is 4. The average Bonchev–Trinajstić information content (AvgIpc) is 2.31. The standard InChI is InChI=1S/C9H13.K/c1-2-3-6-9-7-4-5-8-9;/h4-5H,2-3,6-7H2,1H3;. The monoisotopic (exact) mass is 160 g/mol. The van der Waals surface area contributed by atoms with Crippen molar-refractivity contribution in [2.24, 2.45) is 0 Å². The van der Waals surface area contributed by atoms with E-state index in [0.717, 1.165) is 49.0 Å². The van der Waals surface area contributed by atoms with Crippen LogP contribution in [0.3, 0.4) is 0 Å². The van der Waals surface area contributed by atoms with Gasteiger partial charge in [-0.05, 0) is 0 Å². The molecule has 0 unspecified atom stereocenters. The van der Waals surface area contributed by atoms with Crippen molar-refractivity contribution in [3.05, 3.63) is 17.4 Å². The van der Waals surface area contributed by atoms with E-state index in [1.807, 2.05) is 0 Å². The van der Waals surface area contributed by atoms with Gasteiger partial charge in [0, 0.05) is 0 Å². The molecule has 10 heavy (non-hydrogen) atoms. The molecule has 0 amide bonds. The number of unbranched alkanes of at least 4 members (excludes halogenated alkanes) is 1. The van der Waals surface area contributed by atoms with Crippen LogP contribution in [0.1, 0.15) is 32.6 Å². The zero-order chi connectivity index (χ0) is 7.40. The van der Waals surface area contributed by atoms with Crippen molar-refractivity contribution in [2.75, 3.05) is 0 Å². The second-order valence-corrected chi connectivity index (χ2v) is 4.68. The fraction of sp³-hybridized carbons (Fsp3) is 0.556. The summed E-state index contributed by atoms with van der Waals surface area (Å²) in [6.45, 7) is 2.26. The van der Waals surface area contributed by atoms with E-state index < -0.39 is 0 Å². The van der Waals surface area contributed by atoms with E-state index in [9.17, 15) is 0 Å². The van der Waals surface area contributed by atoms with Crippen LogP contribution in [0.5, 0.6) is 0 Å². The molecule has 0 aromatic carbocycles. The summed E-state index contributed by atoms with van der Waals surface area (Å²) >= 11 is 0.906. The summed E-state index contributed by atoms with van der Waals surface area (Å²) in [5, 5.41) is 0. The van der Waals surface area contributed by atoms with Gasteiger partial charge in [-0.2, -0.15) is 0 Å². The third-order valence-corrected chi connectivity index (χ3v) is 3.75. The van der Waals surface area contributed by atoms with Crippen LogP contribution in [0.4, 0.5) is 0 Å². The van der Waals surface area contributed by atoms with E-state index in [2.05, 4.69) is 19.1 Å². The maximum absolute atomic E-state index is 2.32. The van der Waals surface area contributed by atoms with Crippen molar-refractivity contribution in [1.29, 1.82) is 0 Å². The van der Waals surface area contributed by atoms with Crippen molar-refractivity contribution in [3.8, 4) is 0 Å². The SMILES string of the molecule is CCCCC1=[C]([K])C=CC1. The van der Waals surface area contributed by atoms with E-state index in [0.29, 0.717) is 0 Å². The van der Waals surface area contributed by atoms with Gasteiger partial charge in [0.2, 0.25) is 0 Å². The quantitative estimate of drug-likeness (QED) is 0.557. The first-order valence-corrected chi connectivity index (χ1v) is 5.76. The summed E-state index contributed by atoms with van der Waals surface area (Å²) in [5.41, 5.74) is 1.74. The molecule has 0 N–H and O–H groups in total. The van der Waals surface area contributed by atoms with Crippen LogP contribution < -0.4 is 0 Å². The first-order chi connectivity index (χ1) is 4.84. The summed E-state index contributed by atoms with van der Waals surface area (Å²) in [5.74, 6) is 0. The van der Waals surface area contributed by atoms with E-state index in [-0.39, 0.29) is 0 Å². The van der Waals surface area contributed by atoms with Gasteiger partial charge in [-0.15, -0.1) is 0 Å². The van der Waals surface area contributed by atoms with Gasteiger partial charge < -0.3 is 0 Å². The molecule has 0 saturated carbocycles. The van der Waals surface area contributed by atoms with Gasteiger partial charge in [0.15, 0.2) is 0 Å². The van der Waals surface area contributed by atoms with E-state index in [1.165, 1.54) is 25.7 Å². The Labute approximate surface area is 97.4 Å². The minimum absolute atomic E-state index is 0.906. The predicted molar refractivity (Wildman–Crippen MR) is 46.1 cm³/mol. The summed E-state index contributed by atoms with van der Waals surface area (Å²) < 4.78 is 1.70. The fourth-order valence-corrected chi connectivity index (χ4v) is 2.42. The number of rotatable bonds is 3. The van der Waals surface area contributed by atoms with Crippen LogP contribution in [0.15, 0.2) is 17.4 Å². The second-order valence-electron chi connectivity index (χ2n) is 3.00. The van der Waals surface area contributed by atoms with Crippen LogP contribution in [-0.2, 0) is 0 Å². The van der Waals surface area contributed by atoms with E-state index in [1.54, 1.807) is 5.24 Å². The Hall–Kier alpha value is 1.12. The molecule has 1 rings (SSSR count). The minimum atomic E-state index is 0.906. The molecule has 0 aromatic heterocycles. The molecule has 0 aromatic rings. The van der Waals surface area contributed by atoms with Crippen LogP contribution in [-0.4, -0.2) is 49.0 Å². The Bertz CT molecular complexity index is 166. The van der Waals surface area contributed by atoms with Crippen molar-refractivity contribution in [2.45, 2.75) is 32.6 Å². The number of hydrogen-bond acceptors (Lipinski definition) is 0. The summed E-state index contributed by atoms with van der Waals surface area (Å²) in [7, 11) is 0. The molecule has 0 bridgehead atoms.